The van der Waals surface area contributed by atoms with Gasteiger partial charge < -0.3 is 30.3 Å². The quantitative estimate of drug-likeness (QED) is 0.0798. The first-order valence-corrected chi connectivity index (χ1v) is 18.5. The molecule has 314 valence electrons. The number of ether oxygens (including phenoxy) is 1. The van der Waals surface area contributed by atoms with E-state index in [0.717, 1.165) is 60.5 Å². The molecule has 4 aliphatic rings. The van der Waals surface area contributed by atoms with Crippen LogP contribution in [0.15, 0.2) is 24.3 Å². The van der Waals surface area contributed by atoms with Crippen LogP contribution < -0.4 is 0 Å². The van der Waals surface area contributed by atoms with Crippen LogP contribution in [0.1, 0.15) is 98.8 Å². The summed E-state index contributed by atoms with van der Waals surface area (Å²) in [5.41, 5.74) is 0. The van der Waals surface area contributed by atoms with E-state index < -0.39 is 60.2 Å². The first-order valence-electron chi connectivity index (χ1n) is 18.5. The Labute approximate surface area is 324 Å². The van der Waals surface area contributed by atoms with Gasteiger partial charge in [0.2, 0.25) is 5.91 Å². The van der Waals surface area contributed by atoms with Gasteiger partial charge in [0.15, 0.2) is 36.0 Å². The maximum Gasteiger partial charge on any atom is 0.336 e. The van der Waals surface area contributed by atoms with Gasteiger partial charge in [-0.2, -0.15) is 0 Å². The zero-order valence-electron chi connectivity index (χ0n) is 32.5. The number of epoxide rings is 1. The number of carboxylic acid groups (broad SMARTS) is 2. The number of carboxylic acids is 2. The molecule has 56 heavy (non-hydrogen) atoms. The second-order valence-electron chi connectivity index (χ2n) is 12.6. The van der Waals surface area contributed by atoms with Gasteiger partial charge in [0.25, 0.3) is 29.5 Å². The Bertz CT molecular complexity index is 1440. The Morgan fingerprint density at radius 2 is 1.11 bits per heavy atom. The summed E-state index contributed by atoms with van der Waals surface area (Å²) in [5.74, 6) is -4.79. The van der Waals surface area contributed by atoms with E-state index in [-0.39, 0.29) is 42.3 Å². The standard InChI is InChI=1S/C8H12O4.C8H12O3.C7H11NO4.C7H11NO3.C7H9NO2/c1-2-3-4-5(9)6-7(12-6)8(10)11;1-2-3-4-7(9)5-6-8(10)11;1-2-3-8-6(11)4(9)5(10)7(8)12;1-2-3-8-6(10)4-5(9)7(8)11;1-2-5-8-6(9)3-4-7(8)10/h6-7H,2-4H2,1H3,(H,10,11);5-6H,2-4H2,1H3,(H,10,11);4-5,9-10H,2-3H2,1H3;5,9H,2-4H2,1H3;3-4H,2,5H2,1H3/b;6-5+;;;. The van der Waals surface area contributed by atoms with E-state index in [9.17, 15) is 47.9 Å². The molecule has 5 atom stereocenters. The lowest BCUT2D eigenvalue weighted by atomic mass is 10.1. The molecular weight excluding hydrogens is 742 g/mol. The van der Waals surface area contributed by atoms with Gasteiger partial charge in [-0.25, -0.2) is 9.59 Å². The van der Waals surface area contributed by atoms with E-state index in [1.807, 2.05) is 27.7 Å². The van der Waals surface area contributed by atoms with E-state index >= 15 is 0 Å². The average Bonchev–Trinajstić information content (AvgIpc) is 3.83. The third kappa shape index (κ3) is 17.7. The number of nitrogens with zero attached hydrogens (tertiary/aromatic N) is 3. The van der Waals surface area contributed by atoms with Crippen molar-refractivity contribution in [3.05, 3.63) is 24.3 Å². The van der Waals surface area contributed by atoms with Crippen LogP contribution >= 0.6 is 0 Å². The number of imide groups is 3. The van der Waals surface area contributed by atoms with Crippen molar-refractivity contribution in [3.8, 4) is 0 Å². The number of allylic oxidation sites excluding steroid dienone is 1. The zero-order valence-corrected chi connectivity index (χ0v) is 32.5. The van der Waals surface area contributed by atoms with Crippen LogP contribution in [0, 0.1) is 0 Å². The number of ketones is 2. The van der Waals surface area contributed by atoms with E-state index in [2.05, 4.69) is 4.74 Å². The van der Waals surface area contributed by atoms with Crippen molar-refractivity contribution in [2.75, 3.05) is 19.6 Å². The molecule has 6 amide bonds. The molecule has 4 rings (SSSR count). The summed E-state index contributed by atoms with van der Waals surface area (Å²) < 4.78 is 4.69. The van der Waals surface area contributed by atoms with Crippen molar-refractivity contribution in [1.82, 2.24) is 14.7 Å². The number of carbonyl (C=O) groups excluding carboxylic acids is 8. The maximum absolute atomic E-state index is 11.1. The van der Waals surface area contributed by atoms with Gasteiger partial charge in [-0.1, -0.05) is 47.5 Å². The molecule has 19 nitrogen and oxygen atoms in total. The number of hydrogen-bond donors (Lipinski definition) is 5. The molecule has 5 N–H and O–H groups in total. The fourth-order valence-corrected chi connectivity index (χ4v) is 4.78. The summed E-state index contributed by atoms with van der Waals surface area (Å²) in [6.07, 6.45) is 5.39. The lowest BCUT2D eigenvalue weighted by Crippen LogP contribution is -2.32. The van der Waals surface area contributed by atoms with Crippen LogP contribution in [0.2, 0.25) is 0 Å². The molecule has 19 heteroatoms. The number of hydrogen-bond acceptors (Lipinski definition) is 14. The van der Waals surface area contributed by atoms with Crippen molar-refractivity contribution in [2.45, 2.75) is 129 Å². The SMILES string of the molecule is CCCCC(=O)/C=C/C(=O)O.CCCCC(=O)C1OC1C(=O)O.CCCN1C(=O)C(O)C(O)C1=O.CCCN1C(=O)C=CC1=O.CCCN1C(=O)CC(O)C1=O. The Morgan fingerprint density at radius 1 is 0.643 bits per heavy atom. The molecule has 0 radical (unpaired) electrons. The predicted octanol–water partition coefficient (Wildman–Crippen LogP) is 0.309. The smallest absolute Gasteiger partial charge is 0.336 e. The van der Waals surface area contributed by atoms with Crippen molar-refractivity contribution in [2.24, 2.45) is 0 Å². The molecule has 0 spiro atoms. The minimum atomic E-state index is -1.57. The van der Waals surface area contributed by atoms with Crippen LogP contribution in [0.3, 0.4) is 0 Å². The lowest BCUT2D eigenvalue weighted by Gasteiger charge is -2.11. The maximum atomic E-state index is 11.1. The highest BCUT2D eigenvalue weighted by Crippen LogP contribution is 2.24. The number of likely N-dealkylation sites (tertiary alicyclic amines) is 2. The first kappa shape index (κ1) is 51.0. The third-order valence-corrected chi connectivity index (χ3v) is 7.82. The molecule has 4 aliphatic heterocycles. The van der Waals surface area contributed by atoms with E-state index in [1.54, 1.807) is 6.92 Å². The van der Waals surface area contributed by atoms with Gasteiger partial charge in [-0.15, -0.1) is 0 Å². The zero-order chi connectivity index (χ0) is 43.1. The van der Waals surface area contributed by atoms with Crippen LogP contribution in [0.5, 0.6) is 0 Å². The van der Waals surface area contributed by atoms with Gasteiger partial charge in [-0.05, 0) is 38.2 Å². The van der Waals surface area contributed by atoms with Gasteiger partial charge in [0, 0.05) is 50.7 Å². The van der Waals surface area contributed by atoms with E-state index in [4.69, 9.17) is 25.5 Å². The molecule has 5 unspecified atom stereocenters. The molecule has 0 bridgehead atoms. The van der Waals surface area contributed by atoms with Crippen LogP contribution in [0.4, 0.5) is 0 Å². The van der Waals surface area contributed by atoms with Crippen molar-refractivity contribution in [1.29, 1.82) is 0 Å². The molecule has 3 saturated heterocycles. The topological polar surface area (TPSA) is 294 Å². The number of amides is 6. The minimum Gasteiger partial charge on any atom is -0.479 e. The van der Waals surface area contributed by atoms with Crippen LogP contribution in [-0.4, -0.2) is 149 Å². The molecule has 0 aromatic heterocycles. The Morgan fingerprint density at radius 3 is 1.50 bits per heavy atom. The highest BCUT2D eigenvalue weighted by Gasteiger charge is 2.49. The van der Waals surface area contributed by atoms with Crippen molar-refractivity contribution < 1.29 is 78.2 Å². The summed E-state index contributed by atoms with van der Waals surface area (Å²) in [6.45, 7) is 10.8. The number of carbonyl (C=O) groups is 10. The second-order valence-corrected chi connectivity index (χ2v) is 12.6. The van der Waals surface area contributed by atoms with Gasteiger partial charge >= 0.3 is 11.9 Å². The third-order valence-electron chi connectivity index (χ3n) is 7.82. The average molecular weight is 798 g/mol. The molecule has 0 saturated carbocycles. The van der Waals surface area contributed by atoms with Gasteiger partial charge in [-0.3, -0.25) is 53.1 Å². The summed E-state index contributed by atoms with van der Waals surface area (Å²) in [7, 11) is 0. The highest BCUT2D eigenvalue weighted by atomic mass is 16.6. The fraction of sp³-hybridized carbons (Fsp3) is 0.622. The van der Waals surface area contributed by atoms with E-state index in [1.165, 1.54) is 17.1 Å². The predicted molar refractivity (Wildman–Crippen MR) is 195 cm³/mol. The summed E-state index contributed by atoms with van der Waals surface area (Å²) in [6, 6.07) is 0. The largest absolute Gasteiger partial charge is 0.479 e. The van der Waals surface area contributed by atoms with Crippen LogP contribution in [-0.2, 0) is 52.7 Å². The Hall–Kier alpha value is -4.98. The molecular formula is C37H55N3O16. The van der Waals surface area contributed by atoms with Crippen molar-refractivity contribution >= 4 is 58.9 Å². The fourth-order valence-electron chi connectivity index (χ4n) is 4.78. The van der Waals surface area contributed by atoms with Crippen LogP contribution in [0.25, 0.3) is 0 Å². The number of aliphatic hydroxyl groups excluding tert-OH is 3. The number of unbranched alkanes of at least 4 members (excludes halogenated alkanes) is 2. The van der Waals surface area contributed by atoms with Crippen molar-refractivity contribution in [3.63, 3.8) is 0 Å². The second kappa shape index (κ2) is 26.8. The normalized spacial score (nSPS) is 22.1. The lowest BCUT2D eigenvalue weighted by molar-refractivity contribution is -0.142. The molecule has 0 aliphatic carbocycles. The monoisotopic (exact) mass is 797 g/mol. The Kier molecular flexibility index (Phi) is 24.4. The van der Waals surface area contributed by atoms with E-state index in [0.29, 0.717) is 32.4 Å². The number of aliphatic carboxylic acids is 2. The Balaban J connectivity index is 0.000000676. The highest BCUT2D eigenvalue weighted by molar-refractivity contribution is 6.13. The summed E-state index contributed by atoms with van der Waals surface area (Å²) in [4.78, 5) is 111. The molecule has 0 aromatic carbocycles. The first-order chi connectivity index (χ1) is 26.3. The van der Waals surface area contributed by atoms with Gasteiger partial charge in [0.1, 0.15) is 6.10 Å². The van der Waals surface area contributed by atoms with Gasteiger partial charge in [0.05, 0.1) is 6.42 Å². The number of rotatable bonds is 16. The summed E-state index contributed by atoms with van der Waals surface area (Å²) in [5, 5.41) is 43.5. The molecule has 0 aromatic rings. The molecule has 3 fully saturated rings. The number of aliphatic hydroxyl groups is 3. The summed E-state index contributed by atoms with van der Waals surface area (Å²) >= 11 is 0. The number of Topliss-reactive ketones (excluding diaryl/α,β-unsaturated/α-hetero) is 1. The minimum absolute atomic E-state index is 0.0428. The molecule has 4 heterocycles.